The molecule has 2 aromatic heterocycles. The molecule has 2 aliphatic heterocycles. The maximum absolute atomic E-state index is 13.1. The lowest BCUT2D eigenvalue weighted by Gasteiger charge is -2.25. The van der Waals surface area contributed by atoms with Crippen LogP contribution in [0.3, 0.4) is 0 Å². The molecule has 1 aromatic carbocycles. The van der Waals surface area contributed by atoms with Crippen LogP contribution in [-0.4, -0.2) is 42.5 Å². The number of thiophene rings is 1. The molecule has 0 unspecified atom stereocenters. The first kappa shape index (κ1) is 18.3. The van der Waals surface area contributed by atoms with Gasteiger partial charge in [-0.2, -0.15) is 11.3 Å². The quantitative estimate of drug-likeness (QED) is 0.659. The fourth-order valence-electron chi connectivity index (χ4n) is 4.65. The summed E-state index contributed by atoms with van der Waals surface area (Å²) in [5, 5.41) is 3.88. The highest BCUT2D eigenvalue weighted by molar-refractivity contribution is 7.08. The van der Waals surface area contributed by atoms with Crippen LogP contribution in [0.15, 0.2) is 59.4 Å². The number of carbonyl (C=O) groups is 1. The lowest BCUT2D eigenvalue weighted by atomic mass is 9.85. The lowest BCUT2D eigenvalue weighted by Crippen LogP contribution is -2.39. The number of hydrogen-bond donors (Lipinski definition) is 0. The molecule has 1 spiro atoms. The molecule has 2 aliphatic rings. The van der Waals surface area contributed by atoms with Crippen LogP contribution >= 0.6 is 11.3 Å². The van der Waals surface area contributed by atoms with E-state index < -0.39 is 0 Å². The van der Waals surface area contributed by atoms with Crippen molar-refractivity contribution in [1.82, 2.24) is 9.88 Å². The average Bonchev–Trinajstić information content (AvgIpc) is 3.49. The first-order chi connectivity index (χ1) is 14.2. The van der Waals surface area contributed by atoms with Gasteiger partial charge in [0, 0.05) is 36.6 Å². The molecule has 1 saturated heterocycles. The van der Waals surface area contributed by atoms with Gasteiger partial charge < -0.3 is 9.64 Å². The number of benzene rings is 1. The molecular formula is C23H23N3O2S. The summed E-state index contributed by atoms with van der Waals surface area (Å²) in [6.45, 7) is 3.47. The number of pyridine rings is 1. The molecule has 5 rings (SSSR count). The first-order valence-electron chi connectivity index (χ1n) is 9.83. The number of ether oxygens (including phenoxy) is 1. The Morgan fingerprint density at radius 2 is 2.17 bits per heavy atom. The third-order valence-electron chi connectivity index (χ3n) is 6.03. The highest BCUT2D eigenvalue weighted by Gasteiger charge is 2.49. The standard InChI is InChI=1S/C23H23N3O2S/c1-28-19-5-2-4-17(12-19)13-25-10-8-23(15-25)16-26(20-6-3-9-24-21(20)23)22(27)18-7-11-29-14-18/h2-7,9,11-12,14H,8,10,13,15-16H2,1H3/t23-/m0/s1. The van der Waals surface area contributed by atoms with Gasteiger partial charge in [-0.1, -0.05) is 12.1 Å². The molecule has 148 valence electrons. The Kier molecular flexibility index (Phi) is 4.60. The summed E-state index contributed by atoms with van der Waals surface area (Å²) in [6.07, 6.45) is 2.86. The maximum Gasteiger partial charge on any atom is 0.259 e. The summed E-state index contributed by atoms with van der Waals surface area (Å²) in [6, 6.07) is 14.1. The zero-order chi connectivity index (χ0) is 19.8. The number of methoxy groups -OCH3 is 1. The monoisotopic (exact) mass is 405 g/mol. The first-order valence-corrected chi connectivity index (χ1v) is 10.8. The normalized spacial score (nSPS) is 20.9. The molecule has 4 heterocycles. The van der Waals surface area contributed by atoms with Crippen molar-refractivity contribution in [3.63, 3.8) is 0 Å². The molecule has 3 aromatic rings. The maximum atomic E-state index is 13.1. The summed E-state index contributed by atoms with van der Waals surface area (Å²) in [4.78, 5) is 22.3. The van der Waals surface area contributed by atoms with Gasteiger partial charge in [-0.25, -0.2) is 0 Å². The third kappa shape index (κ3) is 3.22. The van der Waals surface area contributed by atoms with Gasteiger partial charge in [-0.05, 0) is 54.2 Å². The molecule has 6 heteroatoms. The molecule has 0 N–H and O–H groups in total. The van der Waals surface area contributed by atoms with Gasteiger partial charge >= 0.3 is 0 Å². The third-order valence-corrected chi connectivity index (χ3v) is 6.71. The van der Waals surface area contributed by atoms with Crippen molar-refractivity contribution in [2.45, 2.75) is 18.4 Å². The van der Waals surface area contributed by atoms with Crippen molar-refractivity contribution in [2.75, 3.05) is 31.6 Å². The lowest BCUT2D eigenvalue weighted by molar-refractivity contribution is 0.0985. The van der Waals surface area contributed by atoms with E-state index in [1.165, 1.54) is 5.56 Å². The summed E-state index contributed by atoms with van der Waals surface area (Å²) in [5.41, 5.74) is 3.94. The van der Waals surface area contributed by atoms with Crippen LogP contribution in [0.4, 0.5) is 5.69 Å². The van der Waals surface area contributed by atoms with Gasteiger partial charge in [0.1, 0.15) is 5.75 Å². The van der Waals surface area contributed by atoms with Crippen LogP contribution in [0.25, 0.3) is 0 Å². The van der Waals surface area contributed by atoms with Crippen molar-refractivity contribution in [3.05, 3.63) is 76.2 Å². The Morgan fingerprint density at radius 3 is 3.00 bits per heavy atom. The van der Waals surface area contributed by atoms with Gasteiger partial charge in [-0.15, -0.1) is 0 Å². The summed E-state index contributed by atoms with van der Waals surface area (Å²) in [7, 11) is 1.70. The number of amides is 1. The van der Waals surface area contributed by atoms with Crippen molar-refractivity contribution >= 4 is 22.9 Å². The number of rotatable bonds is 4. The van der Waals surface area contributed by atoms with Gasteiger partial charge in [0.15, 0.2) is 0 Å². The van der Waals surface area contributed by atoms with E-state index in [0.717, 1.165) is 48.7 Å². The molecule has 5 nitrogen and oxygen atoms in total. The minimum absolute atomic E-state index is 0.0728. The number of carbonyl (C=O) groups excluding carboxylic acids is 1. The van der Waals surface area contributed by atoms with E-state index in [2.05, 4.69) is 17.0 Å². The Morgan fingerprint density at radius 1 is 1.24 bits per heavy atom. The summed E-state index contributed by atoms with van der Waals surface area (Å²) in [5.74, 6) is 0.959. The van der Waals surface area contributed by atoms with E-state index in [4.69, 9.17) is 9.72 Å². The van der Waals surface area contributed by atoms with Crippen LogP contribution in [0.1, 0.15) is 28.0 Å². The molecule has 1 amide bonds. The van der Waals surface area contributed by atoms with Crippen LogP contribution in [0.5, 0.6) is 5.75 Å². The van der Waals surface area contributed by atoms with Crippen molar-refractivity contribution in [2.24, 2.45) is 0 Å². The minimum atomic E-state index is -0.0961. The molecule has 0 aliphatic carbocycles. The van der Waals surface area contributed by atoms with E-state index in [1.54, 1.807) is 18.4 Å². The number of nitrogens with zero attached hydrogens (tertiary/aromatic N) is 3. The fourth-order valence-corrected chi connectivity index (χ4v) is 5.28. The summed E-state index contributed by atoms with van der Waals surface area (Å²) >= 11 is 1.55. The molecule has 29 heavy (non-hydrogen) atoms. The Hall–Kier alpha value is -2.70. The second-order valence-corrected chi connectivity index (χ2v) is 8.65. The second-order valence-electron chi connectivity index (χ2n) is 7.87. The second kappa shape index (κ2) is 7.28. The Balaban J connectivity index is 1.40. The molecule has 0 saturated carbocycles. The zero-order valence-corrected chi connectivity index (χ0v) is 17.2. The van der Waals surface area contributed by atoms with Gasteiger partial charge in [0.05, 0.1) is 24.1 Å². The fraction of sp³-hybridized carbons (Fsp3) is 0.304. The van der Waals surface area contributed by atoms with E-state index in [-0.39, 0.29) is 11.3 Å². The number of likely N-dealkylation sites (tertiary alicyclic amines) is 1. The Labute approximate surface area is 174 Å². The largest absolute Gasteiger partial charge is 0.497 e. The van der Waals surface area contributed by atoms with Gasteiger partial charge in [0.25, 0.3) is 5.91 Å². The number of hydrogen-bond acceptors (Lipinski definition) is 5. The minimum Gasteiger partial charge on any atom is -0.497 e. The number of anilines is 1. The smallest absolute Gasteiger partial charge is 0.259 e. The Bertz CT molecular complexity index is 1040. The van der Waals surface area contributed by atoms with Crippen LogP contribution in [0.2, 0.25) is 0 Å². The SMILES string of the molecule is COc1cccc(CN2CC[C@]3(C2)CN(C(=O)c2ccsc2)c2cccnc23)c1. The molecular weight excluding hydrogens is 382 g/mol. The average molecular weight is 406 g/mol. The van der Waals surface area contributed by atoms with E-state index >= 15 is 0 Å². The molecule has 0 radical (unpaired) electrons. The summed E-state index contributed by atoms with van der Waals surface area (Å²) < 4.78 is 5.36. The number of aromatic nitrogens is 1. The topological polar surface area (TPSA) is 45.7 Å². The van der Waals surface area contributed by atoms with E-state index in [0.29, 0.717) is 6.54 Å². The van der Waals surface area contributed by atoms with Crippen molar-refractivity contribution < 1.29 is 9.53 Å². The van der Waals surface area contributed by atoms with Crippen LogP contribution < -0.4 is 9.64 Å². The van der Waals surface area contributed by atoms with Crippen LogP contribution in [0, 0.1) is 0 Å². The van der Waals surface area contributed by atoms with Gasteiger partial charge in [-0.3, -0.25) is 14.7 Å². The highest BCUT2D eigenvalue weighted by atomic mass is 32.1. The molecule has 0 bridgehead atoms. The van der Waals surface area contributed by atoms with E-state index in [1.807, 2.05) is 52.2 Å². The highest BCUT2D eigenvalue weighted by Crippen LogP contribution is 2.45. The van der Waals surface area contributed by atoms with E-state index in [9.17, 15) is 4.79 Å². The molecule has 1 fully saturated rings. The van der Waals surface area contributed by atoms with Gasteiger partial charge in [0.2, 0.25) is 0 Å². The van der Waals surface area contributed by atoms with Crippen molar-refractivity contribution in [1.29, 1.82) is 0 Å². The predicted octanol–water partition coefficient (Wildman–Crippen LogP) is 3.96. The predicted molar refractivity (Wildman–Crippen MR) is 115 cm³/mol. The molecule has 1 atom stereocenters. The zero-order valence-electron chi connectivity index (χ0n) is 16.4. The van der Waals surface area contributed by atoms with Crippen molar-refractivity contribution in [3.8, 4) is 5.75 Å². The number of fused-ring (bicyclic) bond motifs is 2. The van der Waals surface area contributed by atoms with Crippen LogP contribution in [-0.2, 0) is 12.0 Å².